The fourth-order valence-corrected chi connectivity index (χ4v) is 3.49. The summed E-state index contributed by atoms with van der Waals surface area (Å²) >= 11 is 0. The molecule has 3 rings (SSSR count). The van der Waals surface area contributed by atoms with Gasteiger partial charge in [0.2, 0.25) is 10.0 Å². The number of aromatic amines is 1. The third-order valence-corrected chi connectivity index (χ3v) is 5.29. The van der Waals surface area contributed by atoms with Crippen LogP contribution in [0.4, 0.5) is 0 Å². The lowest BCUT2D eigenvalue weighted by molar-refractivity contribution is 0.000438. The second-order valence-corrected chi connectivity index (χ2v) is 7.85. The highest BCUT2D eigenvalue weighted by molar-refractivity contribution is 7.88. The zero-order chi connectivity index (χ0) is 17.9. The van der Waals surface area contributed by atoms with Gasteiger partial charge in [-0.2, -0.15) is 9.40 Å². The number of carbonyl (C=O) groups excluding carboxylic acids is 1. The minimum absolute atomic E-state index is 0.226. The maximum absolute atomic E-state index is 12.2. The Labute approximate surface area is 146 Å². The first kappa shape index (κ1) is 17.6. The number of nitrogens with one attached hydrogen (secondary N) is 2. The van der Waals surface area contributed by atoms with Crippen LogP contribution in [0.25, 0.3) is 11.3 Å². The van der Waals surface area contributed by atoms with Crippen molar-refractivity contribution in [2.24, 2.45) is 0 Å². The molecule has 0 radical (unpaired) electrons. The number of nitrogens with zero attached hydrogens (tertiary/aromatic N) is 2. The molecule has 2 heterocycles. The predicted octanol–water partition coefficient (Wildman–Crippen LogP) is 0.467. The molecule has 1 unspecified atom stereocenters. The summed E-state index contributed by atoms with van der Waals surface area (Å²) in [5, 5.41) is 9.55. The maximum atomic E-state index is 12.2. The Morgan fingerprint density at radius 2 is 2.12 bits per heavy atom. The summed E-state index contributed by atoms with van der Waals surface area (Å²) in [7, 11) is -3.24. The minimum Gasteiger partial charge on any atom is -0.374 e. The van der Waals surface area contributed by atoms with Crippen LogP contribution in [0.1, 0.15) is 10.4 Å². The highest BCUT2D eigenvalue weighted by atomic mass is 32.2. The molecule has 2 N–H and O–H groups in total. The highest BCUT2D eigenvalue weighted by Crippen LogP contribution is 2.16. The number of rotatable bonds is 5. The van der Waals surface area contributed by atoms with Crippen LogP contribution < -0.4 is 5.32 Å². The Balaban J connectivity index is 1.55. The summed E-state index contributed by atoms with van der Waals surface area (Å²) in [5.74, 6) is -0.226. The lowest BCUT2D eigenvalue weighted by Gasteiger charge is -2.31. The van der Waals surface area contributed by atoms with Crippen LogP contribution in [0, 0.1) is 0 Å². The molecule has 0 bridgehead atoms. The van der Waals surface area contributed by atoms with Gasteiger partial charge in [0.25, 0.3) is 5.91 Å². The Bertz CT molecular complexity index is 818. The van der Waals surface area contributed by atoms with Crippen molar-refractivity contribution in [3.05, 3.63) is 42.1 Å². The quantitative estimate of drug-likeness (QED) is 0.802. The van der Waals surface area contributed by atoms with Crippen molar-refractivity contribution >= 4 is 15.9 Å². The number of morpholine rings is 1. The van der Waals surface area contributed by atoms with Gasteiger partial charge in [0.15, 0.2) is 0 Å². The minimum atomic E-state index is -3.24. The van der Waals surface area contributed by atoms with Crippen LogP contribution in [-0.4, -0.2) is 67.4 Å². The van der Waals surface area contributed by atoms with Gasteiger partial charge in [-0.25, -0.2) is 8.42 Å². The summed E-state index contributed by atoms with van der Waals surface area (Å²) in [6, 6.07) is 8.99. The molecular weight excluding hydrogens is 344 g/mol. The van der Waals surface area contributed by atoms with Crippen molar-refractivity contribution < 1.29 is 17.9 Å². The SMILES string of the molecule is CS(=O)(=O)N1CCOC(CNC(=O)c2ccc(-c3ccn[nH]3)cc2)C1. The van der Waals surface area contributed by atoms with E-state index in [9.17, 15) is 13.2 Å². The molecule has 1 atom stereocenters. The van der Waals surface area contributed by atoms with Crippen LogP contribution in [0.15, 0.2) is 36.5 Å². The number of benzene rings is 1. The van der Waals surface area contributed by atoms with Crippen LogP contribution in [-0.2, 0) is 14.8 Å². The standard InChI is InChI=1S/C16H20N4O4S/c1-25(22,23)20-8-9-24-14(11-20)10-17-16(21)13-4-2-12(3-5-13)15-6-7-18-19-15/h2-7,14H,8-11H2,1H3,(H,17,21)(H,18,19). The first-order valence-electron chi connectivity index (χ1n) is 7.88. The smallest absolute Gasteiger partial charge is 0.251 e. The van der Waals surface area contributed by atoms with E-state index < -0.39 is 10.0 Å². The normalized spacial score (nSPS) is 18.8. The van der Waals surface area contributed by atoms with E-state index in [-0.39, 0.29) is 25.1 Å². The number of H-pyrrole nitrogens is 1. The first-order valence-corrected chi connectivity index (χ1v) is 9.73. The molecule has 9 heteroatoms. The van der Waals surface area contributed by atoms with E-state index >= 15 is 0 Å². The molecule has 25 heavy (non-hydrogen) atoms. The van der Waals surface area contributed by atoms with Crippen molar-refractivity contribution in [1.29, 1.82) is 0 Å². The number of hydrogen-bond donors (Lipinski definition) is 2. The largest absolute Gasteiger partial charge is 0.374 e. The van der Waals surface area contributed by atoms with E-state index in [1.54, 1.807) is 18.3 Å². The average Bonchev–Trinajstić information content (AvgIpc) is 3.14. The van der Waals surface area contributed by atoms with Gasteiger partial charge in [-0.15, -0.1) is 0 Å². The van der Waals surface area contributed by atoms with E-state index in [1.807, 2.05) is 18.2 Å². The first-order chi connectivity index (χ1) is 11.9. The highest BCUT2D eigenvalue weighted by Gasteiger charge is 2.26. The molecule has 0 spiro atoms. The molecule has 2 aromatic rings. The molecule has 134 valence electrons. The van der Waals surface area contributed by atoms with Crippen molar-refractivity contribution in [3.8, 4) is 11.3 Å². The molecule has 1 aromatic carbocycles. The van der Waals surface area contributed by atoms with Gasteiger partial charge in [0.05, 0.1) is 24.7 Å². The number of carbonyl (C=O) groups is 1. The van der Waals surface area contributed by atoms with Crippen molar-refractivity contribution in [3.63, 3.8) is 0 Å². The summed E-state index contributed by atoms with van der Waals surface area (Å²) < 4.78 is 30.1. The second-order valence-electron chi connectivity index (χ2n) is 5.87. The Morgan fingerprint density at radius 1 is 1.36 bits per heavy atom. The van der Waals surface area contributed by atoms with Gasteiger partial charge < -0.3 is 10.1 Å². The van der Waals surface area contributed by atoms with Crippen molar-refractivity contribution in [2.45, 2.75) is 6.10 Å². The third-order valence-electron chi connectivity index (χ3n) is 4.02. The topological polar surface area (TPSA) is 104 Å². The molecule has 1 aliphatic heterocycles. The fraction of sp³-hybridized carbons (Fsp3) is 0.375. The lowest BCUT2D eigenvalue weighted by Crippen LogP contribution is -2.49. The molecule has 1 fully saturated rings. The van der Waals surface area contributed by atoms with Gasteiger partial charge in [-0.3, -0.25) is 9.89 Å². The van der Waals surface area contributed by atoms with Gasteiger partial charge in [-0.05, 0) is 23.8 Å². The van der Waals surface area contributed by atoms with Crippen molar-refractivity contribution in [1.82, 2.24) is 19.8 Å². The molecule has 1 aliphatic rings. The van der Waals surface area contributed by atoms with Gasteiger partial charge in [0, 0.05) is 31.4 Å². The monoisotopic (exact) mass is 364 g/mol. The Hall–Kier alpha value is -2.23. The van der Waals surface area contributed by atoms with Crippen LogP contribution >= 0.6 is 0 Å². The zero-order valence-corrected chi connectivity index (χ0v) is 14.6. The molecular formula is C16H20N4O4S. The van der Waals surface area contributed by atoms with Crippen LogP contribution in [0.2, 0.25) is 0 Å². The fourth-order valence-electron chi connectivity index (χ4n) is 2.64. The van der Waals surface area contributed by atoms with E-state index in [0.29, 0.717) is 18.7 Å². The number of ether oxygens (including phenoxy) is 1. The van der Waals surface area contributed by atoms with Crippen LogP contribution in [0.3, 0.4) is 0 Å². The summed E-state index contributed by atoms with van der Waals surface area (Å²) in [5.41, 5.74) is 2.34. The molecule has 1 saturated heterocycles. The zero-order valence-electron chi connectivity index (χ0n) is 13.8. The predicted molar refractivity (Wildman–Crippen MR) is 92.5 cm³/mol. The number of aromatic nitrogens is 2. The molecule has 1 aromatic heterocycles. The molecule has 0 saturated carbocycles. The Morgan fingerprint density at radius 3 is 2.76 bits per heavy atom. The number of hydrogen-bond acceptors (Lipinski definition) is 5. The second kappa shape index (κ2) is 7.34. The lowest BCUT2D eigenvalue weighted by atomic mass is 10.1. The summed E-state index contributed by atoms with van der Waals surface area (Å²) in [4.78, 5) is 12.2. The van der Waals surface area contributed by atoms with Crippen molar-refractivity contribution in [2.75, 3.05) is 32.5 Å². The van der Waals surface area contributed by atoms with E-state index in [4.69, 9.17) is 4.74 Å². The van der Waals surface area contributed by atoms with E-state index in [1.165, 1.54) is 10.6 Å². The van der Waals surface area contributed by atoms with Crippen LogP contribution in [0.5, 0.6) is 0 Å². The molecule has 0 aliphatic carbocycles. The van der Waals surface area contributed by atoms with E-state index in [0.717, 1.165) is 11.3 Å². The maximum Gasteiger partial charge on any atom is 0.251 e. The number of amides is 1. The summed E-state index contributed by atoms with van der Waals surface area (Å²) in [6.45, 7) is 1.18. The molecule has 8 nitrogen and oxygen atoms in total. The molecule has 1 amide bonds. The van der Waals surface area contributed by atoms with Gasteiger partial charge in [-0.1, -0.05) is 12.1 Å². The Kier molecular flexibility index (Phi) is 5.16. The van der Waals surface area contributed by atoms with Gasteiger partial charge in [0.1, 0.15) is 0 Å². The van der Waals surface area contributed by atoms with E-state index in [2.05, 4.69) is 15.5 Å². The third kappa shape index (κ3) is 4.44. The van der Waals surface area contributed by atoms with Gasteiger partial charge >= 0.3 is 0 Å². The average molecular weight is 364 g/mol. The number of sulfonamides is 1. The summed E-state index contributed by atoms with van der Waals surface area (Å²) in [6.07, 6.45) is 2.49.